The summed E-state index contributed by atoms with van der Waals surface area (Å²) in [4.78, 5) is 15.2. The number of aromatic nitrogens is 2. The molecule has 0 saturated carbocycles. The normalized spacial score (nSPS) is 12.8. The van der Waals surface area contributed by atoms with E-state index < -0.39 is 0 Å². The van der Waals surface area contributed by atoms with Gasteiger partial charge in [-0.15, -0.1) is 0 Å². The van der Waals surface area contributed by atoms with Crippen LogP contribution in [0.15, 0.2) is 91.1 Å². The van der Waals surface area contributed by atoms with Gasteiger partial charge in [0.25, 0.3) is 5.91 Å². The maximum Gasteiger partial charge on any atom is 0.258 e. The molecule has 0 atom stereocenters. The number of hydrogen-bond donors (Lipinski definition) is 0. The third kappa shape index (κ3) is 2.89. The Hall–Kier alpha value is -3.66. The fourth-order valence-electron chi connectivity index (χ4n) is 3.73. The van der Waals surface area contributed by atoms with Crippen LogP contribution in [0.5, 0.6) is 0 Å². The molecule has 0 saturated heterocycles. The molecule has 0 aliphatic carbocycles. The highest BCUT2D eigenvalue weighted by Crippen LogP contribution is 2.29. The molecule has 5 rings (SSSR count). The van der Waals surface area contributed by atoms with Crippen molar-refractivity contribution in [1.29, 1.82) is 0 Å². The maximum absolute atomic E-state index is 13.4. The van der Waals surface area contributed by atoms with Crippen molar-refractivity contribution < 1.29 is 4.79 Å². The minimum Gasteiger partial charge on any atom is -0.302 e. The van der Waals surface area contributed by atoms with Gasteiger partial charge in [0.1, 0.15) is 0 Å². The molecular weight excluding hydrogens is 346 g/mol. The highest BCUT2D eigenvalue weighted by molar-refractivity contribution is 6.06. The monoisotopic (exact) mass is 365 g/mol. The molecule has 2 heterocycles. The zero-order valence-electron chi connectivity index (χ0n) is 15.3. The number of amides is 1. The molecule has 0 N–H and O–H groups in total. The lowest BCUT2D eigenvalue weighted by Crippen LogP contribution is -2.30. The summed E-state index contributed by atoms with van der Waals surface area (Å²) in [7, 11) is 0. The Labute approximate surface area is 163 Å². The predicted octanol–water partition coefficient (Wildman–Crippen LogP) is 4.76. The lowest BCUT2D eigenvalue weighted by Gasteiger charge is -2.22. The highest BCUT2D eigenvalue weighted by Gasteiger charge is 2.25. The van der Waals surface area contributed by atoms with Crippen molar-refractivity contribution in [2.75, 3.05) is 4.90 Å². The summed E-state index contributed by atoms with van der Waals surface area (Å²) < 4.78 is 1.96. The van der Waals surface area contributed by atoms with Gasteiger partial charge in [0.2, 0.25) is 0 Å². The molecule has 1 amide bonds. The van der Waals surface area contributed by atoms with E-state index in [9.17, 15) is 4.79 Å². The predicted molar refractivity (Wildman–Crippen MR) is 110 cm³/mol. The van der Waals surface area contributed by atoms with Gasteiger partial charge < -0.3 is 4.90 Å². The van der Waals surface area contributed by atoms with Gasteiger partial charge in [0.05, 0.1) is 18.8 Å². The van der Waals surface area contributed by atoms with Gasteiger partial charge in [0.15, 0.2) is 0 Å². The van der Waals surface area contributed by atoms with Crippen LogP contribution < -0.4 is 4.90 Å². The third-order valence-electron chi connectivity index (χ3n) is 5.21. The SMILES string of the molecule is O=C(c1ccc(-c2ccccc2)cc1)N1Cc2ccnn2Cc2ccccc21. The van der Waals surface area contributed by atoms with Gasteiger partial charge in [-0.2, -0.15) is 5.10 Å². The molecule has 1 aliphatic heterocycles. The number of nitrogens with zero attached hydrogens (tertiary/aromatic N) is 3. The molecule has 1 aliphatic rings. The molecule has 136 valence electrons. The van der Waals surface area contributed by atoms with Gasteiger partial charge in [-0.25, -0.2) is 0 Å². The fraction of sp³-hybridized carbons (Fsp3) is 0.0833. The van der Waals surface area contributed by atoms with Crippen LogP contribution in [0.4, 0.5) is 5.69 Å². The standard InChI is InChI=1S/C24H19N3O/c28-24(20-12-10-19(11-13-20)18-6-2-1-3-7-18)26-17-22-14-15-25-27(22)16-21-8-4-5-9-23(21)26/h1-15H,16-17H2. The molecule has 4 heteroatoms. The van der Waals surface area contributed by atoms with Crippen molar-refractivity contribution in [2.45, 2.75) is 13.1 Å². The van der Waals surface area contributed by atoms with Crippen molar-refractivity contribution >= 4 is 11.6 Å². The van der Waals surface area contributed by atoms with Crippen molar-refractivity contribution in [3.05, 3.63) is 108 Å². The summed E-state index contributed by atoms with van der Waals surface area (Å²) in [6.45, 7) is 1.19. The van der Waals surface area contributed by atoms with Crippen molar-refractivity contribution in [2.24, 2.45) is 0 Å². The zero-order valence-corrected chi connectivity index (χ0v) is 15.3. The van der Waals surface area contributed by atoms with Crippen LogP contribution >= 0.6 is 0 Å². The van der Waals surface area contributed by atoms with E-state index in [2.05, 4.69) is 23.3 Å². The van der Waals surface area contributed by atoms with Crippen LogP contribution in [0.1, 0.15) is 21.6 Å². The second kappa shape index (κ2) is 6.82. The first kappa shape index (κ1) is 16.5. The number of fused-ring (bicyclic) bond motifs is 2. The Morgan fingerprint density at radius 3 is 2.29 bits per heavy atom. The van der Waals surface area contributed by atoms with E-state index in [1.807, 2.05) is 76.3 Å². The first-order valence-electron chi connectivity index (χ1n) is 9.35. The quantitative estimate of drug-likeness (QED) is 0.514. The van der Waals surface area contributed by atoms with Crippen molar-refractivity contribution in [3.8, 4) is 11.1 Å². The average molecular weight is 365 g/mol. The minimum atomic E-state index is 0.00158. The van der Waals surface area contributed by atoms with Crippen molar-refractivity contribution in [1.82, 2.24) is 9.78 Å². The molecule has 28 heavy (non-hydrogen) atoms. The molecular formula is C24H19N3O. The van der Waals surface area contributed by atoms with Crippen LogP contribution in [-0.4, -0.2) is 15.7 Å². The number of anilines is 1. The summed E-state index contributed by atoms with van der Waals surface area (Å²) in [5, 5.41) is 4.41. The van der Waals surface area contributed by atoms with E-state index in [-0.39, 0.29) is 5.91 Å². The molecule has 0 radical (unpaired) electrons. The molecule has 1 aromatic heterocycles. The number of carbonyl (C=O) groups excluding carboxylic acids is 1. The Kier molecular flexibility index (Phi) is 4.02. The van der Waals surface area contributed by atoms with E-state index in [0.717, 1.165) is 28.1 Å². The second-order valence-electron chi connectivity index (χ2n) is 6.94. The summed E-state index contributed by atoms with van der Waals surface area (Å²) in [5.41, 5.74) is 6.01. The van der Waals surface area contributed by atoms with Crippen LogP contribution in [0.2, 0.25) is 0 Å². The molecule has 0 fully saturated rings. The van der Waals surface area contributed by atoms with E-state index in [0.29, 0.717) is 18.7 Å². The topological polar surface area (TPSA) is 38.1 Å². The molecule has 4 aromatic rings. The lowest BCUT2D eigenvalue weighted by atomic mass is 10.0. The van der Waals surface area contributed by atoms with Crippen molar-refractivity contribution in [3.63, 3.8) is 0 Å². The first-order chi connectivity index (χ1) is 13.8. The van der Waals surface area contributed by atoms with E-state index in [1.54, 1.807) is 6.20 Å². The molecule has 4 nitrogen and oxygen atoms in total. The van der Waals surface area contributed by atoms with E-state index in [1.165, 1.54) is 0 Å². The van der Waals surface area contributed by atoms with Crippen LogP contribution in [0.3, 0.4) is 0 Å². The fourth-order valence-corrected chi connectivity index (χ4v) is 3.73. The summed E-state index contributed by atoms with van der Waals surface area (Å²) in [6.07, 6.45) is 1.79. The smallest absolute Gasteiger partial charge is 0.258 e. The molecule has 0 spiro atoms. The number of rotatable bonds is 2. The average Bonchev–Trinajstić information content (AvgIpc) is 3.13. The number of hydrogen-bond acceptors (Lipinski definition) is 2. The van der Waals surface area contributed by atoms with Gasteiger partial charge in [-0.05, 0) is 41.0 Å². The lowest BCUT2D eigenvalue weighted by molar-refractivity contribution is 0.0985. The summed E-state index contributed by atoms with van der Waals surface area (Å²) >= 11 is 0. The Balaban J connectivity index is 1.51. The number of benzene rings is 3. The maximum atomic E-state index is 13.4. The second-order valence-corrected chi connectivity index (χ2v) is 6.94. The summed E-state index contributed by atoms with van der Waals surface area (Å²) in [5.74, 6) is 0.00158. The first-order valence-corrected chi connectivity index (χ1v) is 9.35. The van der Waals surface area contributed by atoms with Gasteiger partial charge in [-0.1, -0.05) is 60.7 Å². The Morgan fingerprint density at radius 1 is 0.750 bits per heavy atom. The minimum absolute atomic E-state index is 0.00158. The third-order valence-corrected chi connectivity index (χ3v) is 5.21. The largest absolute Gasteiger partial charge is 0.302 e. The Bertz CT molecular complexity index is 1130. The van der Waals surface area contributed by atoms with Gasteiger partial charge in [-0.3, -0.25) is 9.48 Å². The highest BCUT2D eigenvalue weighted by atomic mass is 16.2. The van der Waals surface area contributed by atoms with E-state index >= 15 is 0 Å². The molecule has 3 aromatic carbocycles. The van der Waals surface area contributed by atoms with Crippen LogP contribution in [-0.2, 0) is 13.1 Å². The van der Waals surface area contributed by atoms with E-state index in [4.69, 9.17) is 0 Å². The number of para-hydroxylation sites is 1. The van der Waals surface area contributed by atoms with Crippen LogP contribution in [0, 0.1) is 0 Å². The molecule has 0 unspecified atom stereocenters. The zero-order chi connectivity index (χ0) is 18.9. The summed E-state index contributed by atoms with van der Waals surface area (Å²) in [6, 6.07) is 28.1. The molecule has 0 bridgehead atoms. The van der Waals surface area contributed by atoms with Crippen LogP contribution in [0.25, 0.3) is 11.1 Å². The van der Waals surface area contributed by atoms with Gasteiger partial charge >= 0.3 is 0 Å². The number of carbonyl (C=O) groups is 1. The van der Waals surface area contributed by atoms with Gasteiger partial charge in [0, 0.05) is 17.4 Å². The Morgan fingerprint density at radius 2 is 1.46 bits per heavy atom.